The number of carbonyl (C=O) groups excluding carboxylic acids is 1. The molecule has 0 saturated heterocycles. The van der Waals surface area contributed by atoms with E-state index in [-0.39, 0.29) is 4.90 Å². The lowest BCUT2D eigenvalue weighted by Gasteiger charge is -2.05. The predicted molar refractivity (Wildman–Crippen MR) is 86.7 cm³/mol. The maximum Gasteiger partial charge on any atom is 0.255 e. The molecule has 0 spiro atoms. The first-order valence-electron chi connectivity index (χ1n) is 6.08. The summed E-state index contributed by atoms with van der Waals surface area (Å²) in [5, 5.41) is 6.04. The van der Waals surface area contributed by atoms with Crippen LogP contribution in [0.5, 0.6) is 0 Å². The second-order valence-electron chi connectivity index (χ2n) is 4.09. The van der Waals surface area contributed by atoms with E-state index in [4.69, 9.17) is 11.6 Å². The van der Waals surface area contributed by atoms with Gasteiger partial charge in [-0.05, 0) is 35.7 Å². The first-order valence-corrected chi connectivity index (χ1v) is 8.82. The van der Waals surface area contributed by atoms with Crippen molar-refractivity contribution in [1.29, 1.82) is 0 Å². The third-order valence-electron chi connectivity index (χ3n) is 2.47. The third kappa shape index (κ3) is 4.92. The summed E-state index contributed by atoms with van der Waals surface area (Å²) in [4.78, 5) is 12.4. The number of sulfonamides is 1. The minimum atomic E-state index is -3.76. The highest BCUT2D eigenvalue weighted by Crippen LogP contribution is 2.13. The molecule has 1 aromatic heterocycles. The number of nitrogens with one attached hydrogen (secondary N) is 2. The number of hydrogen-bond donors (Lipinski definition) is 2. The van der Waals surface area contributed by atoms with Gasteiger partial charge in [0.25, 0.3) is 5.91 Å². The normalized spacial score (nSPS) is 11.7. The number of benzene rings is 1. The monoisotopic (exact) mass is 357 g/mol. The van der Waals surface area contributed by atoms with Crippen LogP contribution in [0.1, 0.15) is 4.88 Å². The number of thiophene rings is 1. The SMILES string of the molecule is O=C(CNS(=O)(=O)c1ccc(Cl)cc1)NN=Cc1cccs1. The first kappa shape index (κ1) is 16.6. The molecule has 0 bridgehead atoms. The zero-order chi connectivity index (χ0) is 16.0. The molecule has 9 heteroatoms. The Morgan fingerprint density at radius 2 is 2.00 bits per heavy atom. The van der Waals surface area contributed by atoms with E-state index >= 15 is 0 Å². The second-order valence-corrected chi connectivity index (χ2v) is 7.27. The van der Waals surface area contributed by atoms with Gasteiger partial charge in [-0.25, -0.2) is 18.6 Å². The van der Waals surface area contributed by atoms with Crippen molar-refractivity contribution in [2.24, 2.45) is 5.10 Å². The third-order valence-corrected chi connectivity index (χ3v) is 4.95. The van der Waals surface area contributed by atoms with E-state index < -0.39 is 22.5 Å². The van der Waals surface area contributed by atoms with Gasteiger partial charge in [-0.1, -0.05) is 17.7 Å². The zero-order valence-corrected chi connectivity index (χ0v) is 13.6. The Balaban J connectivity index is 1.86. The number of amides is 1. The molecule has 1 amide bonds. The highest BCUT2D eigenvalue weighted by Gasteiger charge is 2.14. The fraction of sp³-hybridized carbons (Fsp3) is 0.0769. The van der Waals surface area contributed by atoms with Crippen molar-refractivity contribution in [3.8, 4) is 0 Å². The summed E-state index contributed by atoms with van der Waals surface area (Å²) >= 11 is 7.16. The van der Waals surface area contributed by atoms with Gasteiger partial charge >= 0.3 is 0 Å². The van der Waals surface area contributed by atoms with Gasteiger partial charge in [-0.3, -0.25) is 4.79 Å². The van der Waals surface area contributed by atoms with Crippen LogP contribution < -0.4 is 10.1 Å². The molecule has 2 N–H and O–H groups in total. The summed E-state index contributed by atoms with van der Waals surface area (Å²) in [7, 11) is -3.76. The van der Waals surface area contributed by atoms with Crippen molar-refractivity contribution in [2.45, 2.75) is 4.90 Å². The molecule has 116 valence electrons. The second kappa shape index (κ2) is 7.50. The van der Waals surface area contributed by atoms with E-state index in [9.17, 15) is 13.2 Å². The summed E-state index contributed by atoms with van der Waals surface area (Å²) in [5.41, 5.74) is 2.24. The molecule has 2 aromatic rings. The Morgan fingerprint density at radius 1 is 1.27 bits per heavy atom. The van der Waals surface area contributed by atoms with E-state index in [2.05, 4.69) is 15.2 Å². The number of hydrogen-bond acceptors (Lipinski definition) is 5. The van der Waals surface area contributed by atoms with Gasteiger partial charge in [-0.2, -0.15) is 5.10 Å². The molecule has 0 aliphatic heterocycles. The maximum atomic E-state index is 11.9. The Hall–Kier alpha value is -1.74. The summed E-state index contributed by atoms with van der Waals surface area (Å²) in [6.45, 7) is -0.410. The van der Waals surface area contributed by atoms with Crippen LogP contribution in [0.15, 0.2) is 51.8 Å². The van der Waals surface area contributed by atoms with E-state index in [1.807, 2.05) is 17.5 Å². The molecule has 0 unspecified atom stereocenters. The van der Waals surface area contributed by atoms with E-state index in [0.717, 1.165) is 4.88 Å². The summed E-state index contributed by atoms with van der Waals surface area (Å²) in [5.74, 6) is -0.564. The summed E-state index contributed by atoms with van der Waals surface area (Å²) in [6, 6.07) is 9.33. The molecule has 0 atom stereocenters. The molecule has 1 heterocycles. The molecule has 0 fully saturated rings. The maximum absolute atomic E-state index is 11.9. The Kier molecular flexibility index (Phi) is 5.67. The number of rotatable bonds is 6. The average Bonchev–Trinajstić information content (AvgIpc) is 2.99. The summed E-state index contributed by atoms with van der Waals surface area (Å²) < 4.78 is 26.1. The van der Waals surface area contributed by atoms with Crippen molar-refractivity contribution in [2.75, 3.05) is 6.54 Å². The Labute approximate surface area is 136 Å². The number of hydrazone groups is 1. The zero-order valence-electron chi connectivity index (χ0n) is 11.2. The lowest BCUT2D eigenvalue weighted by molar-refractivity contribution is -0.119. The van der Waals surface area contributed by atoms with Gasteiger partial charge in [-0.15, -0.1) is 11.3 Å². The van der Waals surface area contributed by atoms with Crippen LogP contribution in [0.4, 0.5) is 0 Å². The number of carbonyl (C=O) groups is 1. The molecule has 0 saturated carbocycles. The highest BCUT2D eigenvalue weighted by molar-refractivity contribution is 7.89. The van der Waals surface area contributed by atoms with Crippen molar-refractivity contribution < 1.29 is 13.2 Å². The van der Waals surface area contributed by atoms with E-state index in [1.165, 1.54) is 41.8 Å². The van der Waals surface area contributed by atoms with E-state index in [0.29, 0.717) is 5.02 Å². The molecule has 0 aliphatic rings. The molecular weight excluding hydrogens is 346 g/mol. The predicted octanol–water partition coefficient (Wildman–Crippen LogP) is 1.83. The first-order chi connectivity index (χ1) is 10.5. The van der Waals surface area contributed by atoms with Crippen LogP contribution in [0, 0.1) is 0 Å². The van der Waals surface area contributed by atoms with Crippen molar-refractivity contribution >= 4 is 45.1 Å². The molecule has 6 nitrogen and oxygen atoms in total. The van der Waals surface area contributed by atoms with Crippen LogP contribution >= 0.6 is 22.9 Å². The lowest BCUT2D eigenvalue weighted by Crippen LogP contribution is -2.34. The van der Waals surface area contributed by atoms with Crippen molar-refractivity contribution in [1.82, 2.24) is 10.1 Å². The quantitative estimate of drug-likeness (QED) is 0.610. The Morgan fingerprint density at radius 3 is 2.64 bits per heavy atom. The van der Waals surface area contributed by atoms with Gasteiger partial charge < -0.3 is 0 Å². The van der Waals surface area contributed by atoms with Crippen LogP contribution in [0.2, 0.25) is 5.02 Å². The number of halogens is 1. The minimum Gasteiger partial charge on any atom is -0.272 e. The molecule has 0 aliphatic carbocycles. The van der Waals surface area contributed by atoms with Crippen molar-refractivity contribution in [3.05, 3.63) is 51.7 Å². The van der Waals surface area contributed by atoms with Gasteiger partial charge in [0, 0.05) is 9.90 Å². The van der Waals surface area contributed by atoms with Gasteiger partial charge in [0.15, 0.2) is 0 Å². The van der Waals surface area contributed by atoms with Crippen molar-refractivity contribution in [3.63, 3.8) is 0 Å². The molecular formula is C13H12ClN3O3S2. The smallest absolute Gasteiger partial charge is 0.255 e. The lowest BCUT2D eigenvalue weighted by atomic mass is 10.4. The highest BCUT2D eigenvalue weighted by atomic mass is 35.5. The van der Waals surface area contributed by atoms with Gasteiger partial charge in [0.1, 0.15) is 0 Å². The summed E-state index contributed by atoms with van der Waals surface area (Å²) in [6.07, 6.45) is 1.48. The largest absolute Gasteiger partial charge is 0.272 e. The van der Waals surface area contributed by atoms with Gasteiger partial charge in [0.05, 0.1) is 17.7 Å². The minimum absolute atomic E-state index is 0.0341. The van der Waals surface area contributed by atoms with Crippen LogP contribution in [0.3, 0.4) is 0 Å². The molecule has 22 heavy (non-hydrogen) atoms. The van der Waals surface area contributed by atoms with Crippen LogP contribution in [-0.4, -0.2) is 27.1 Å². The Bertz CT molecular complexity index is 756. The van der Waals surface area contributed by atoms with Crippen LogP contribution in [0.25, 0.3) is 0 Å². The van der Waals surface area contributed by atoms with E-state index in [1.54, 1.807) is 0 Å². The number of nitrogens with zero attached hydrogens (tertiary/aromatic N) is 1. The molecule has 2 rings (SSSR count). The fourth-order valence-electron chi connectivity index (χ4n) is 1.43. The topological polar surface area (TPSA) is 87.6 Å². The molecule has 1 aromatic carbocycles. The standard InChI is InChI=1S/C13H12ClN3O3S2/c14-10-3-5-12(6-4-10)22(19,20)16-9-13(18)17-15-8-11-2-1-7-21-11/h1-8,16H,9H2,(H,17,18). The fourth-order valence-corrected chi connectivity index (χ4v) is 3.12. The van der Waals surface area contributed by atoms with Gasteiger partial charge in [0.2, 0.25) is 10.0 Å². The van der Waals surface area contributed by atoms with Crippen LogP contribution in [-0.2, 0) is 14.8 Å². The molecule has 0 radical (unpaired) electrons. The average molecular weight is 358 g/mol.